The van der Waals surface area contributed by atoms with Gasteiger partial charge in [0.25, 0.3) is 0 Å². The molecule has 2 aromatic heterocycles. The first-order chi connectivity index (χ1) is 25.6. The van der Waals surface area contributed by atoms with Gasteiger partial charge < -0.3 is 0 Å². The van der Waals surface area contributed by atoms with Crippen LogP contribution in [-0.2, 0) is 0 Å². The Bertz CT molecular complexity index is 2700. The predicted molar refractivity (Wildman–Crippen MR) is 231 cm³/mol. The first-order valence-corrected chi connectivity index (χ1v) is 20.6. The van der Waals surface area contributed by atoms with E-state index in [1.54, 1.807) is 11.3 Å². The van der Waals surface area contributed by atoms with Gasteiger partial charge in [-0.1, -0.05) is 141 Å². The molecule has 0 atom stereocenters. The van der Waals surface area contributed by atoms with Crippen LogP contribution in [0.4, 0.5) is 0 Å². The van der Waals surface area contributed by atoms with E-state index in [1.807, 2.05) is 23.5 Å². The van der Waals surface area contributed by atoms with Gasteiger partial charge in [-0.2, -0.15) is 0 Å². The molecule has 0 aliphatic heterocycles. The fraction of sp³-hybridized carbons (Fsp3) is 0.0204. The standard InChI is InChI=1S/C49H38S3/c1-5-19-44-45-30-18-29-43(49(45)50-46(44)7-3)36-21-17-27-40(33-36)52(37-22-10-8-11-23-37,38-24-12-9-13-25-38)39-26-16-20-35(32-39)41(6-2)48-34(4)42-28-14-15-31-47(42)51-48/h5-33H,2-4H2,1H3/b19-5-,48-41-. The number of thiophene rings is 2. The molecule has 0 saturated heterocycles. The largest absolute Gasteiger partial charge is 0.135 e. The summed E-state index contributed by atoms with van der Waals surface area (Å²) in [6.07, 6.45) is 8.30. The van der Waals surface area contributed by atoms with Crippen molar-refractivity contribution in [2.45, 2.75) is 26.5 Å². The van der Waals surface area contributed by atoms with Crippen LogP contribution < -0.4 is 9.75 Å². The van der Waals surface area contributed by atoms with Crippen LogP contribution in [0.15, 0.2) is 197 Å². The van der Waals surface area contributed by atoms with Gasteiger partial charge in [-0.3, -0.25) is 0 Å². The molecule has 0 saturated carbocycles. The van der Waals surface area contributed by atoms with Gasteiger partial charge in [-0.25, -0.2) is 0 Å². The maximum atomic E-state index is 4.54. The summed E-state index contributed by atoms with van der Waals surface area (Å²) in [7, 11) is -1.98. The highest BCUT2D eigenvalue weighted by atomic mass is 32.3. The summed E-state index contributed by atoms with van der Waals surface area (Å²) in [6.45, 7) is 15.1. The fourth-order valence-electron chi connectivity index (χ4n) is 7.31. The Kier molecular flexibility index (Phi) is 9.25. The zero-order chi connectivity index (χ0) is 35.7. The average Bonchev–Trinajstić information content (AvgIpc) is 3.73. The van der Waals surface area contributed by atoms with E-state index >= 15 is 0 Å². The van der Waals surface area contributed by atoms with Crippen LogP contribution in [0.2, 0.25) is 0 Å². The highest BCUT2D eigenvalue weighted by molar-refractivity contribution is 8.34. The van der Waals surface area contributed by atoms with Gasteiger partial charge in [-0.05, 0) is 100.0 Å². The normalized spacial score (nSPS) is 12.7. The number of fused-ring (bicyclic) bond motifs is 2. The zero-order valence-corrected chi connectivity index (χ0v) is 31.5. The molecule has 0 spiro atoms. The van der Waals surface area contributed by atoms with Gasteiger partial charge in [0.05, 0.1) is 0 Å². The van der Waals surface area contributed by atoms with Crippen molar-refractivity contribution >= 4 is 77.2 Å². The van der Waals surface area contributed by atoms with Crippen LogP contribution in [0.3, 0.4) is 0 Å². The Labute approximate surface area is 315 Å². The molecule has 0 amide bonds. The lowest BCUT2D eigenvalue weighted by atomic mass is 10.0. The van der Waals surface area contributed by atoms with Crippen LogP contribution in [0.1, 0.15) is 22.9 Å². The molecule has 52 heavy (non-hydrogen) atoms. The first-order valence-electron chi connectivity index (χ1n) is 17.4. The van der Waals surface area contributed by atoms with E-state index in [0.717, 1.165) is 20.9 Å². The molecule has 6 aromatic carbocycles. The van der Waals surface area contributed by atoms with Crippen molar-refractivity contribution in [3.8, 4) is 11.1 Å². The van der Waals surface area contributed by atoms with Crippen LogP contribution in [0.5, 0.6) is 0 Å². The number of rotatable bonds is 9. The summed E-state index contributed by atoms with van der Waals surface area (Å²) in [6, 6.07) is 55.8. The van der Waals surface area contributed by atoms with Gasteiger partial charge in [0.1, 0.15) is 0 Å². The summed E-state index contributed by atoms with van der Waals surface area (Å²) < 4.78 is 3.68. The molecule has 252 valence electrons. The van der Waals surface area contributed by atoms with Crippen molar-refractivity contribution < 1.29 is 0 Å². The van der Waals surface area contributed by atoms with Gasteiger partial charge in [0.15, 0.2) is 0 Å². The van der Waals surface area contributed by atoms with Gasteiger partial charge in [0.2, 0.25) is 0 Å². The van der Waals surface area contributed by atoms with Crippen molar-refractivity contribution in [2.24, 2.45) is 0 Å². The van der Waals surface area contributed by atoms with Crippen molar-refractivity contribution in [3.05, 3.63) is 203 Å². The third-order valence-electron chi connectivity index (χ3n) is 9.64. The van der Waals surface area contributed by atoms with Crippen molar-refractivity contribution in [3.63, 3.8) is 0 Å². The topological polar surface area (TPSA) is 0 Å². The smallest absolute Gasteiger partial charge is 0.0433 e. The van der Waals surface area contributed by atoms with E-state index in [2.05, 4.69) is 190 Å². The number of hydrogen-bond donors (Lipinski definition) is 0. The molecule has 0 aliphatic carbocycles. The van der Waals surface area contributed by atoms with E-state index in [-0.39, 0.29) is 0 Å². The van der Waals surface area contributed by atoms with Crippen molar-refractivity contribution in [1.29, 1.82) is 0 Å². The molecule has 0 aliphatic rings. The SMILES string of the molecule is C=C/C(c1cccc(S(c2ccccc2)(c2ccccc2)c2cccc(-c3cccc4c(/C=C\C)c(C=C)sc34)c2)c1)=c1/sc2ccccc2c1=C. The molecule has 0 nitrogen and oxygen atoms in total. The molecule has 0 radical (unpaired) electrons. The molecule has 3 heteroatoms. The van der Waals surface area contributed by atoms with E-state index in [0.29, 0.717) is 0 Å². The molecular formula is C49H38S3. The Morgan fingerprint density at radius 1 is 0.615 bits per heavy atom. The summed E-state index contributed by atoms with van der Waals surface area (Å²) in [4.78, 5) is 6.32. The Hall–Kier alpha value is -5.45. The van der Waals surface area contributed by atoms with Crippen LogP contribution >= 0.6 is 32.7 Å². The lowest BCUT2D eigenvalue weighted by Crippen LogP contribution is -2.19. The number of benzene rings is 6. The molecule has 0 N–H and O–H groups in total. The van der Waals surface area contributed by atoms with Crippen LogP contribution in [0.25, 0.3) is 55.6 Å². The quantitative estimate of drug-likeness (QED) is 0.139. The van der Waals surface area contributed by atoms with Crippen molar-refractivity contribution in [1.82, 2.24) is 0 Å². The second-order valence-corrected chi connectivity index (χ2v) is 17.8. The summed E-state index contributed by atoms with van der Waals surface area (Å²) in [5, 5.41) is 3.51. The van der Waals surface area contributed by atoms with E-state index < -0.39 is 10.0 Å². The van der Waals surface area contributed by atoms with E-state index in [4.69, 9.17) is 0 Å². The minimum atomic E-state index is -1.98. The molecule has 0 bridgehead atoms. The van der Waals surface area contributed by atoms with Crippen molar-refractivity contribution in [2.75, 3.05) is 0 Å². The summed E-state index contributed by atoms with van der Waals surface area (Å²) in [5.74, 6) is 0. The lowest BCUT2D eigenvalue weighted by Gasteiger charge is -2.42. The third kappa shape index (κ3) is 5.63. The molecule has 8 rings (SSSR count). The fourth-order valence-corrected chi connectivity index (χ4v) is 13.6. The lowest BCUT2D eigenvalue weighted by molar-refractivity contribution is 1.24. The highest BCUT2D eigenvalue weighted by Crippen LogP contribution is 2.73. The Morgan fingerprint density at radius 3 is 1.90 bits per heavy atom. The van der Waals surface area contributed by atoms with Gasteiger partial charge >= 0.3 is 0 Å². The van der Waals surface area contributed by atoms with E-state index in [1.165, 1.54) is 61.3 Å². The minimum absolute atomic E-state index is 1.05. The van der Waals surface area contributed by atoms with E-state index in [9.17, 15) is 0 Å². The molecule has 0 fully saturated rings. The molecular weight excluding hydrogens is 685 g/mol. The maximum absolute atomic E-state index is 4.54. The first kappa shape index (κ1) is 33.7. The maximum Gasteiger partial charge on any atom is 0.0433 e. The van der Waals surface area contributed by atoms with Gasteiger partial charge in [0, 0.05) is 43.8 Å². The monoisotopic (exact) mass is 722 g/mol. The predicted octanol–water partition coefficient (Wildman–Crippen LogP) is 13.6. The number of allylic oxidation sites excluding steroid dienone is 2. The van der Waals surface area contributed by atoms with Crippen LogP contribution in [0, 0.1) is 0 Å². The highest BCUT2D eigenvalue weighted by Gasteiger charge is 2.34. The van der Waals surface area contributed by atoms with Gasteiger partial charge in [-0.15, -0.1) is 32.7 Å². The third-order valence-corrected chi connectivity index (χ3v) is 16.0. The summed E-state index contributed by atoms with van der Waals surface area (Å²) >= 11 is 3.61. The zero-order valence-electron chi connectivity index (χ0n) is 29.1. The summed E-state index contributed by atoms with van der Waals surface area (Å²) in [5.41, 5.74) is 5.93. The number of hydrogen-bond acceptors (Lipinski definition) is 2. The minimum Gasteiger partial charge on any atom is -0.135 e. The Morgan fingerprint density at radius 2 is 1.23 bits per heavy atom. The molecule has 2 heterocycles. The second kappa shape index (κ2) is 14.3. The average molecular weight is 723 g/mol. The molecule has 0 unspecified atom stereocenters. The Balaban J connectivity index is 1.42. The molecule has 8 aromatic rings. The van der Waals surface area contributed by atoms with Crippen LogP contribution in [-0.4, -0.2) is 0 Å². The second-order valence-electron chi connectivity index (χ2n) is 12.6.